The molecule has 146 valence electrons. The highest BCUT2D eigenvalue weighted by molar-refractivity contribution is 5.94. The maximum atomic E-state index is 13.1. The van der Waals surface area contributed by atoms with E-state index in [-0.39, 0.29) is 12.5 Å². The Kier molecular flexibility index (Phi) is 5.42. The molecule has 0 aliphatic heterocycles. The average molecular weight is 387 g/mol. The molecule has 0 spiro atoms. The highest BCUT2D eigenvalue weighted by Crippen LogP contribution is 2.21. The number of para-hydroxylation sites is 1. The van der Waals surface area contributed by atoms with Crippen LogP contribution >= 0.6 is 0 Å². The monoisotopic (exact) mass is 387 g/mol. The number of anilines is 1. The molecule has 0 unspecified atom stereocenters. The van der Waals surface area contributed by atoms with E-state index >= 15 is 0 Å². The topological polar surface area (TPSA) is 56.1 Å². The van der Waals surface area contributed by atoms with Crippen LogP contribution in [0.5, 0.6) is 11.5 Å². The van der Waals surface area contributed by atoms with E-state index in [1.807, 2.05) is 71.3 Å². The molecular formula is C23H21N3O3. The van der Waals surface area contributed by atoms with Crippen molar-refractivity contribution < 1.29 is 14.3 Å². The van der Waals surface area contributed by atoms with Gasteiger partial charge in [0.05, 0.1) is 25.5 Å². The summed E-state index contributed by atoms with van der Waals surface area (Å²) in [6, 6.07) is 22.6. The summed E-state index contributed by atoms with van der Waals surface area (Å²) in [5.41, 5.74) is 2.56. The van der Waals surface area contributed by atoms with Gasteiger partial charge in [-0.1, -0.05) is 30.3 Å². The van der Waals surface area contributed by atoms with Gasteiger partial charge in [-0.05, 0) is 36.4 Å². The van der Waals surface area contributed by atoms with Gasteiger partial charge in [0, 0.05) is 18.0 Å². The summed E-state index contributed by atoms with van der Waals surface area (Å²) in [5.74, 6) is 1.12. The van der Waals surface area contributed by atoms with Gasteiger partial charge in [0.15, 0.2) is 6.61 Å². The highest BCUT2D eigenvalue weighted by Gasteiger charge is 2.19. The van der Waals surface area contributed by atoms with Crippen LogP contribution in [0.3, 0.4) is 0 Å². The number of benzene rings is 2. The first-order valence-electron chi connectivity index (χ1n) is 9.28. The molecule has 0 aliphatic rings. The number of rotatable bonds is 7. The first-order chi connectivity index (χ1) is 14.2. The Morgan fingerprint density at radius 3 is 2.62 bits per heavy atom. The molecule has 2 aromatic carbocycles. The van der Waals surface area contributed by atoms with Crippen LogP contribution in [0.25, 0.3) is 5.65 Å². The number of nitrogens with zero attached hydrogens (tertiary/aromatic N) is 3. The molecule has 2 heterocycles. The first kappa shape index (κ1) is 18.6. The Bertz CT molecular complexity index is 1110. The SMILES string of the molecule is COc1cccc(OCC(=O)N(Cc2cnc3ccccn23)c2ccccc2)c1. The lowest BCUT2D eigenvalue weighted by molar-refractivity contribution is -0.120. The third-order valence-corrected chi connectivity index (χ3v) is 4.59. The van der Waals surface area contributed by atoms with Gasteiger partial charge in [0.2, 0.25) is 0 Å². The number of hydrogen-bond donors (Lipinski definition) is 0. The number of pyridine rings is 1. The lowest BCUT2D eigenvalue weighted by Gasteiger charge is -2.23. The molecule has 4 aromatic rings. The summed E-state index contributed by atoms with van der Waals surface area (Å²) in [5, 5.41) is 0. The molecule has 0 N–H and O–H groups in total. The molecule has 0 atom stereocenters. The van der Waals surface area contributed by atoms with Gasteiger partial charge >= 0.3 is 0 Å². The van der Waals surface area contributed by atoms with Gasteiger partial charge in [-0.15, -0.1) is 0 Å². The molecule has 6 nitrogen and oxygen atoms in total. The van der Waals surface area contributed by atoms with Crippen LogP contribution in [0.4, 0.5) is 5.69 Å². The number of amides is 1. The highest BCUT2D eigenvalue weighted by atomic mass is 16.5. The van der Waals surface area contributed by atoms with Crippen molar-refractivity contribution >= 4 is 17.2 Å². The second-order valence-corrected chi connectivity index (χ2v) is 6.46. The molecular weight excluding hydrogens is 366 g/mol. The number of imidazole rings is 1. The lowest BCUT2D eigenvalue weighted by atomic mass is 10.2. The van der Waals surface area contributed by atoms with Gasteiger partial charge < -0.3 is 18.8 Å². The zero-order valence-corrected chi connectivity index (χ0v) is 16.1. The molecule has 0 radical (unpaired) electrons. The zero-order chi connectivity index (χ0) is 20.1. The molecule has 2 aromatic heterocycles. The van der Waals surface area contributed by atoms with Crippen LogP contribution in [-0.2, 0) is 11.3 Å². The lowest BCUT2D eigenvalue weighted by Crippen LogP contribution is -2.34. The van der Waals surface area contributed by atoms with E-state index in [0.29, 0.717) is 18.0 Å². The number of ether oxygens (including phenoxy) is 2. The molecule has 0 aliphatic carbocycles. The van der Waals surface area contributed by atoms with E-state index in [4.69, 9.17) is 9.47 Å². The van der Waals surface area contributed by atoms with Crippen LogP contribution in [0.2, 0.25) is 0 Å². The number of hydrogen-bond acceptors (Lipinski definition) is 4. The Labute approximate surface area is 168 Å². The van der Waals surface area contributed by atoms with Crippen LogP contribution < -0.4 is 14.4 Å². The Morgan fingerprint density at radius 2 is 1.79 bits per heavy atom. The number of carbonyl (C=O) groups excluding carboxylic acids is 1. The summed E-state index contributed by atoms with van der Waals surface area (Å²) < 4.78 is 12.9. The average Bonchev–Trinajstić information content (AvgIpc) is 3.19. The predicted octanol–water partition coefficient (Wildman–Crippen LogP) is 3.96. The number of fused-ring (bicyclic) bond motifs is 1. The van der Waals surface area contributed by atoms with Crippen molar-refractivity contribution in [1.29, 1.82) is 0 Å². The summed E-state index contributed by atoms with van der Waals surface area (Å²) in [4.78, 5) is 19.2. The number of methoxy groups -OCH3 is 1. The standard InChI is InChI=1S/C23H21N3O3/c1-28-20-10-7-11-21(14-20)29-17-23(27)26(18-8-3-2-4-9-18)16-19-15-24-22-12-5-6-13-25(19)22/h2-15H,16-17H2,1H3. The van der Waals surface area contributed by atoms with Crippen molar-refractivity contribution in [2.45, 2.75) is 6.54 Å². The molecule has 0 fully saturated rings. The molecule has 0 bridgehead atoms. The zero-order valence-electron chi connectivity index (χ0n) is 16.1. The summed E-state index contributed by atoms with van der Waals surface area (Å²) in [6.07, 6.45) is 3.74. The molecule has 6 heteroatoms. The first-order valence-corrected chi connectivity index (χ1v) is 9.28. The van der Waals surface area contributed by atoms with Gasteiger partial charge in [-0.2, -0.15) is 0 Å². The van der Waals surface area contributed by atoms with E-state index < -0.39 is 0 Å². The van der Waals surface area contributed by atoms with Crippen LogP contribution in [0, 0.1) is 0 Å². The second-order valence-electron chi connectivity index (χ2n) is 6.46. The number of aromatic nitrogens is 2. The van der Waals surface area contributed by atoms with E-state index in [1.54, 1.807) is 30.3 Å². The fraction of sp³-hybridized carbons (Fsp3) is 0.130. The summed E-state index contributed by atoms with van der Waals surface area (Å²) in [7, 11) is 1.59. The fourth-order valence-corrected chi connectivity index (χ4v) is 3.11. The van der Waals surface area contributed by atoms with E-state index in [1.165, 1.54) is 0 Å². The fourth-order valence-electron chi connectivity index (χ4n) is 3.11. The third-order valence-electron chi connectivity index (χ3n) is 4.59. The van der Waals surface area contributed by atoms with Crippen LogP contribution in [0.1, 0.15) is 5.69 Å². The summed E-state index contributed by atoms with van der Waals surface area (Å²) in [6.45, 7) is 0.300. The van der Waals surface area contributed by atoms with Crippen molar-refractivity contribution in [2.24, 2.45) is 0 Å². The van der Waals surface area contributed by atoms with Gasteiger partial charge in [0.25, 0.3) is 5.91 Å². The molecule has 4 rings (SSSR count). The van der Waals surface area contributed by atoms with E-state index in [9.17, 15) is 4.79 Å². The van der Waals surface area contributed by atoms with Gasteiger partial charge in [-0.3, -0.25) is 4.79 Å². The largest absolute Gasteiger partial charge is 0.497 e. The smallest absolute Gasteiger partial charge is 0.265 e. The van der Waals surface area contributed by atoms with Crippen molar-refractivity contribution in [3.05, 3.63) is 90.9 Å². The normalized spacial score (nSPS) is 10.7. The van der Waals surface area contributed by atoms with E-state index in [2.05, 4.69) is 4.98 Å². The van der Waals surface area contributed by atoms with Crippen molar-refractivity contribution in [2.75, 3.05) is 18.6 Å². The molecule has 1 amide bonds. The molecule has 0 saturated carbocycles. The Balaban J connectivity index is 1.56. The molecule has 29 heavy (non-hydrogen) atoms. The van der Waals surface area contributed by atoms with Gasteiger partial charge in [-0.25, -0.2) is 4.98 Å². The second kappa shape index (κ2) is 8.48. The summed E-state index contributed by atoms with van der Waals surface area (Å²) >= 11 is 0. The maximum absolute atomic E-state index is 13.1. The van der Waals surface area contributed by atoms with Crippen molar-refractivity contribution in [3.8, 4) is 11.5 Å². The third kappa shape index (κ3) is 4.21. The Hall–Kier alpha value is -3.80. The minimum Gasteiger partial charge on any atom is -0.497 e. The van der Waals surface area contributed by atoms with Crippen molar-refractivity contribution in [1.82, 2.24) is 9.38 Å². The minimum absolute atomic E-state index is 0.0845. The van der Waals surface area contributed by atoms with Crippen molar-refractivity contribution in [3.63, 3.8) is 0 Å². The van der Waals surface area contributed by atoms with E-state index in [0.717, 1.165) is 17.0 Å². The minimum atomic E-state index is -0.148. The molecule has 0 saturated heterocycles. The Morgan fingerprint density at radius 1 is 1.00 bits per heavy atom. The quantitative estimate of drug-likeness (QED) is 0.482. The predicted molar refractivity (Wildman–Crippen MR) is 111 cm³/mol. The maximum Gasteiger partial charge on any atom is 0.265 e. The number of carbonyl (C=O) groups is 1. The van der Waals surface area contributed by atoms with Crippen LogP contribution in [-0.4, -0.2) is 29.0 Å². The van der Waals surface area contributed by atoms with Gasteiger partial charge in [0.1, 0.15) is 17.1 Å². The van der Waals surface area contributed by atoms with Crippen LogP contribution in [0.15, 0.2) is 85.2 Å².